The third kappa shape index (κ3) is 2.34. The van der Waals surface area contributed by atoms with E-state index in [1.165, 1.54) is 23.3 Å². The molecule has 0 bridgehead atoms. The molecule has 2 nitrogen and oxygen atoms in total. The molecule has 1 aromatic rings. The average molecular weight is 248 g/mol. The van der Waals surface area contributed by atoms with Gasteiger partial charge in [-0.2, -0.15) is 0 Å². The van der Waals surface area contributed by atoms with E-state index in [2.05, 4.69) is 18.2 Å². The van der Waals surface area contributed by atoms with Gasteiger partial charge in [-0.3, -0.25) is 4.79 Å². The average Bonchev–Trinajstić information content (AvgIpc) is 3.16. The van der Waals surface area contributed by atoms with E-state index in [4.69, 9.17) is 5.11 Å². The Bertz CT molecular complexity index is 447. The van der Waals surface area contributed by atoms with Crippen LogP contribution in [0.25, 0.3) is 0 Å². The third-order valence-electron chi connectivity index (χ3n) is 3.62. The van der Waals surface area contributed by atoms with Crippen molar-refractivity contribution in [2.45, 2.75) is 47.7 Å². The largest absolute Gasteiger partial charge is 0.481 e. The second-order valence-corrected chi connectivity index (χ2v) is 6.51. The van der Waals surface area contributed by atoms with E-state index in [-0.39, 0.29) is 11.8 Å². The summed E-state index contributed by atoms with van der Waals surface area (Å²) >= 11 is 1.94. The first-order valence-corrected chi connectivity index (χ1v) is 7.06. The molecule has 2 aliphatic carbocycles. The molecule has 0 amide bonds. The van der Waals surface area contributed by atoms with Crippen LogP contribution >= 0.6 is 11.8 Å². The Morgan fingerprint density at radius 1 is 1.35 bits per heavy atom. The Balaban J connectivity index is 1.88. The zero-order valence-corrected chi connectivity index (χ0v) is 10.5. The van der Waals surface area contributed by atoms with E-state index in [0.717, 1.165) is 18.1 Å². The van der Waals surface area contributed by atoms with E-state index in [1.54, 1.807) is 0 Å². The molecule has 2 fully saturated rings. The highest BCUT2D eigenvalue weighted by molar-refractivity contribution is 8.00. The van der Waals surface area contributed by atoms with Crippen LogP contribution in [-0.2, 0) is 10.2 Å². The maximum absolute atomic E-state index is 11.0. The maximum Gasteiger partial charge on any atom is 0.304 e. The topological polar surface area (TPSA) is 37.3 Å². The summed E-state index contributed by atoms with van der Waals surface area (Å²) in [4.78, 5) is 12.3. The first kappa shape index (κ1) is 11.1. The number of hydrogen-bond donors (Lipinski definition) is 1. The van der Waals surface area contributed by atoms with Gasteiger partial charge in [0.25, 0.3) is 0 Å². The predicted octanol–water partition coefficient (Wildman–Crippen LogP) is 3.45. The molecule has 90 valence electrons. The fourth-order valence-electron chi connectivity index (χ4n) is 2.35. The van der Waals surface area contributed by atoms with E-state index in [1.807, 2.05) is 17.8 Å². The summed E-state index contributed by atoms with van der Waals surface area (Å²) in [6.45, 7) is 0. The number of carboxylic acid groups (broad SMARTS) is 1. The first-order chi connectivity index (χ1) is 8.20. The second-order valence-electron chi connectivity index (χ2n) is 5.16. The Kier molecular flexibility index (Phi) is 2.66. The number of rotatable bonds is 5. The summed E-state index contributed by atoms with van der Waals surface area (Å²) in [5, 5.41) is 9.80. The zero-order valence-electron chi connectivity index (χ0n) is 9.69. The summed E-state index contributed by atoms with van der Waals surface area (Å²) in [7, 11) is 0. The number of aliphatic carboxylic acids is 1. The lowest BCUT2D eigenvalue weighted by atomic mass is 9.92. The molecule has 0 radical (unpaired) electrons. The monoisotopic (exact) mass is 248 g/mol. The SMILES string of the molecule is O=C(O)CC1(c2ccccc2SC2CC2)CC1. The minimum atomic E-state index is -0.672. The summed E-state index contributed by atoms with van der Waals surface area (Å²) in [6, 6.07) is 8.38. The van der Waals surface area contributed by atoms with Crippen molar-refractivity contribution >= 4 is 17.7 Å². The lowest BCUT2D eigenvalue weighted by molar-refractivity contribution is -0.137. The van der Waals surface area contributed by atoms with Crippen LogP contribution in [0.15, 0.2) is 29.2 Å². The maximum atomic E-state index is 11.0. The number of carboxylic acids is 1. The molecule has 0 atom stereocenters. The van der Waals surface area contributed by atoms with E-state index in [0.29, 0.717) is 0 Å². The minimum absolute atomic E-state index is 0.0513. The molecule has 0 saturated heterocycles. The standard InChI is InChI=1S/C14H16O2S/c15-13(16)9-14(7-8-14)11-3-1-2-4-12(11)17-10-5-6-10/h1-4,10H,5-9H2,(H,15,16). The van der Waals surface area contributed by atoms with Crippen molar-refractivity contribution in [3.8, 4) is 0 Å². The van der Waals surface area contributed by atoms with Crippen LogP contribution in [0.3, 0.4) is 0 Å². The number of benzene rings is 1. The Morgan fingerprint density at radius 2 is 2.06 bits per heavy atom. The van der Waals surface area contributed by atoms with Crippen molar-refractivity contribution in [3.05, 3.63) is 29.8 Å². The molecule has 2 saturated carbocycles. The van der Waals surface area contributed by atoms with Gasteiger partial charge in [0, 0.05) is 15.6 Å². The Labute approximate surface area is 105 Å². The Hall–Kier alpha value is -0.960. The number of carbonyl (C=O) groups is 1. The van der Waals surface area contributed by atoms with Gasteiger partial charge in [0.05, 0.1) is 6.42 Å². The van der Waals surface area contributed by atoms with Gasteiger partial charge in [0.2, 0.25) is 0 Å². The van der Waals surface area contributed by atoms with Crippen LogP contribution in [0.5, 0.6) is 0 Å². The molecule has 3 heteroatoms. The molecule has 0 spiro atoms. The van der Waals surface area contributed by atoms with Gasteiger partial charge in [-0.25, -0.2) is 0 Å². The highest BCUT2D eigenvalue weighted by atomic mass is 32.2. The van der Waals surface area contributed by atoms with Gasteiger partial charge in [-0.05, 0) is 37.3 Å². The Morgan fingerprint density at radius 3 is 2.65 bits per heavy atom. The third-order valence-corrected chi connectivity index (χ3v) is 5.03. The van der Waals surface area contributed by atoms with E-state index < -0.39 is 5.97 Å². The van der Waals surface area contributed by atoms with Gasteiger partial charge in [0.15, 0.2) is 0 Å². The van der Waals surface area contributed by atoms with E-state index in [9.17, 15) is 4.79 Å². The van der Waals surface area contributed by atoms with Crippen molar-refractivity contribution in [2.24, 2.45) is 0 Å². The quantitative estimate of drug-likeness (QED) is 0.867. The molecular weight excluding hydrogens is 232 g/mol. The molecule has 17 heavy (non-hydrogen) atoms. The predicted molar refractivity (Wildman–Crippen MR) is 68.5 cm³/mol. The first-order valence-electron chi connectivity index (χ1n) is 6.18. The van der Waals surface area contributed by atoms with Crippen LogP contribution < -0.4 is 0 Å². The summed E-state index contributed by atoms with van der Waals surface area (Å²) in [5.74, 6) is -0.672. The van der Waals surface area contributed by atoms with Crippen LogP contribution in [0, 0.1) is 0 Å². The zero-order chi connectivity index (χ0) is 11.9. The van der Waals surface area contributed by atoms with E-state index >= 15 is 0 Å². The fourth-order valence-corrected chi connectivity index (χ4v) is 3.65. The highest BCUT2D eigenvalue weighted by Crippen LogP contribution is 2.54. The van der Waals surface area contributed by atoms with Crippen molar-refractivity contribution < 1.29 is 9.90 Å². The van der Waals surface area contributed by atoms with Crippen LogP contribution in [0.1, 0.15) is 37.7 Å². The fraction of sp³-hybridized carbons (Fsp3) is 0.500. The molecule has 0 heterocycles. The molecule has 3 rings (SSSR count). The van der Waals surface area contributed by atoms with Gasteiger partial charge in [0.1, 0.15) is 0 Å². The number of thioether (sulfide) groups is 1. The summed E-state index contributed by atoms with van der Waals surface area (Å²) < 4.78 is 0. The molecule has 1 aromatic carbocycles. The van der Waals surface area contributed by atoms with Crippen molar-refractivity contribution in [1.29, 1.82) is 0 Å². The molecule has 1 N–H and O–H groups in total. The van der Waals surface area contributed by atoms with Gasteiger partial charge >= 0.3 is 5.97 Å². The summed E-state index contributed by atoms with van der Waals surface area (Å²) in [6.07, 6.45) is 4.97. The van der Waals surface area contributed by atoms with Crippen LogP contribution in [0.2, 0.25) is 0 Å². The normalized spacial score (nSPS) is 21.2. The van der Waals surface area contributed by atoms with Crippen molar-refractivity contribution in [3.63, 3.8) is 0 Å². The van der Waals surface area contributed by atoms with Crippen molar-refractivity contribution in [2.75, 3.05) is 0 Å². The van der Waals surface area contributed by atoms with Gasteiger partial charge in [-0.1, -0.05) is 18.2 Å². The molecule has 0 aliphatic heterocycles. The minimum Gasteiger partial charge on any atom is -0.481 e. The second kappa shape index (κ2) is 4.05. The smallest absolute Gasteiger partial charge is 0.304 e. The molecule has 2 aliphatic rings. The van der Waals surface area contributed by atoms with Crippen molar-refractivity contribution in [1.82, 2.24) is 0 Å². The van der Waals surface area contributed by atoms with Gasteiger partial charge < -0.3 is 5.11 Å². The number of hydrogen-bond acceptors (Lipinski definition) is 2. The molecule has 0 unspecified atom stereocenters. The lowest BCUT2D eigenvalue weighted by Gasteiger charge is -2.17. The summed E-state index contributed by atoms with van der Waals surface area (Å²) in [5.41, 5.74) is 1.23. The lowest BCUT2D eigenvalue weighted by Crippen LogP contribution is -2.13. The van der Waals surface area contributed by atoms with Crippen LogP contribution in [0.4, 0.5) is 0 Å². The molecular formula is C14H16O2S. The van der Waals surface area contributed by atoms with Gasteiger partial charge in [-0.15, -0.1) is 11.8 Å². The highest BCUT2D eigenvalue weighted by Gasteiger charge is 2.47. The van der Waals surface area contributed by atoms with Crippen LogP contribution in [-0.4, -0.2) is 16.3 Å². The molecule has 0 aromatic heterocycles.